The second-order valence-corrected chi connectivity index (χ2v) is 6.22. The van der Waals surface area contributed by atoms with Crippen molar-refractivity contribution in [3.8, 4) is 0 Å². The van der Waals surface area contributed by atoms with Gasteiger partial charge >= 0.3 is 5.97 Å². The van der Waals surface area contributed by atoms with E-state index in [1.807, 2.05) is 0 Å². The van der Waals surface area contributed by atoms with E-state index in [-0.39, 0.29) is 11.3 Å². The molecule has 0 heterocycles. The predicted octanol–water partition coefficient (Wildman–Crippen LogP) is 5.39. The molecular weight excluding hydrogens is 373 g/mol. The molecule has 0 saturated heterocycles. The highest BCUT2D eigenvalue weighted by molar-refractivity contribution is 6.35. The topological polar surface area (TPSA) is 66.4 Å². The normalized spacial score (nSPS) is 11.2. The lowest BCUT2D eigenvalue weighted by Crippen LogP contribution is -2.15. The average Bonchev–Trinajstić information content (AvgIpc) is 2.49. The fourth-order valence-corrected chi connectivity index (χ4v) is 2.58. The summed E-state index contributed by atoms with van der Waals surface area (Å²) in [5.41, 5.74) is 1.04. The van der Waals surface area contributed by atoms with E-state index in [1.165, 1.54) is 18.2 Å². The molecule has 0 atom stereocenters. The molecule has 0 spiro atoms. The minimum Gasteiger partial charge on any atom is -0.478 e. The molecule has 124 valence electrons. The van der Waals surface area contributed by atoms with Gasteiger partial charge in [0.25, 0.3) is 5.91 Å². The maximum atomic E-state index is 12.3. The molecule has 4 nitrogen and oxygen atoms in total. The number of anilines is 1. The Hall–Kier alpha value is -2.01. The Labute approximate surface area is 153 Å². The Kier molecular flexibility index (Phi) is 5.89. The smallest absolute Gasteiger partial charge is 0.337 e. The van der Waals surface area contributed by atoms with Crippen LogP contribution in [-0.2, 0) is 4.79 Å². The summed E-state index contributed by atoms with van der Waals surface area (Å²) in [6.45, 7) is 1.59. The van der Waals surface area contributed by atoms with Gasteiger partial charge in [-0.25, -0.2) is 4.79 Å². The number of carboxylic acid groups (broad SMARTS) is 1. The van der Waals surface area contributed by atoms with Crippen LogP contribution in [0.2, 0.25) is 15.1 Å². The van der Waals surface area contributed by atoms with Crippen LogP contribution in [0, 0.1) is 0 Å². The molecule has 0 aromatic heterocycles. The van der Waals surface area contributed by atoms with E-state index in [9.17, 15) is 9.59 Å². The maximum Gasteiger partial charge on any atom is 0.337 e. The summed E-state index contributed by atoms with van der Waals surface area (Å²) in [5, 5.41) is 12.9. The fraction of sp³-hybridized carbons (Fsp3) is 0.0588. The van der Waals surface area contributed by atoms with E-state index in [1.54, 1.807) is 31.2 Å². The van der Waals surface area contributed by atoms with Crippen LogP contribution < -0.4 is 5.32 Å². The van der Waals surface area contributed by atoms with Crippen LogP contribution in [0.5, 0.6) is 0 Å². The van der Waals surface area contributed by atoms with Gasteiger partial charge in [-0.1, -0.05) is 40.9 Å². The molecular formula is C17H12Cl3NO3. The van der Waals surface area contributed by atoms with E-state index in [4.69, 9.17) is 39.9 Å². The largest absolute Gasteiger partial charge is 0.478 e. The number of rotatable bonds is 4. The van der Waals surface area contributed by atoms with Crippen molar-refractivity contribution in [2.75, 3.05) is 5.32 Å². The monoisotopic (exact) mass is 383 g/mol. The molecule has 0 aliphatic heterocycles. The second kappa shape index (κ2) is 7.71. The number of carbonyl (C=O) groups excluding carboxylic acids is 1. The fourth-order valence-electron chi connectivity index (χ4n) is 1.94. The van der Waals surface area contributed by atoms with E-state index in [2.05, 4.69) is 5.32 Å². The molecule has 2 N–H and O–H groups in total. The third kappa shape index (κ3) is 4.51. The number of halogens is 3. The highest BCUT2D eigenvalue weighted by Crippen LogP contribution is 2.25. The first-order chi connectivity index (χ1) is 11.3. The lowest BCUT2D eigenvalue weighted by Gasteiger charge is -2.09. The van der Waals surface area contributed by atoms with Crippen molar-refractivity contribution >= 4 is 58.4 Å². The summed E-state index contributed by atoms with van der Waals surface area (Å²) in [6, 6.07) is 9.06. The van der Waals surface area contributed by atoms with Gasteiger partial charge in [-0.05, 0) is 48.9 Å². The van der Waals surface area contributed by atoms with Crippen molar-refractivity contribution < 1.29 is 14.7 Å². The molecule has 2 aromatic carbocycles. The van der Waals surface area contributed by atoms with Crippen molar-refractivity contribution in [1.82, 2.24) is 0 Å². The SMILES string of the molecule is C/C(=C\c1ccc(Cl)cc1Cl)C(=O)Nc1cc(Cl)ccc1C(=O)O. The number of carbonyl (C=O) groups is 2. The molecule has 0 fully saturated rings. The summed E-state index contributed by atoms with van der Waals surface area (Å²) in [5.74, 6) is -1.63. The van der Waals surface area contributed by atoms with Gasteiger partial charge in [-0.2, -0.15) is 0 Å². The van der Waals surface area contributed by atoms with Crippen molar-refractivity contribution in [3.63, 3.8) is 0 Å². The van der Waals surface area contributed by atoms with E-state index < -0.39 is 11.9 Å². The van der Waals surface area contributed by atoms with Crippen LogP contribution in [0.4, 0.5) is 5.69 Å². The number of hydrogen-bond acceptors (Lipinski definition) is 2. The first-order valence-corrected chi connectivity index (χ1v) is 7.89. The Bertz CT molecular complexity index is 847. The summed E-state index contributed by atoms with van der Waals surface area (Å²) in [4.78, 5) is 23.5. The lowest BCUT2D eigenvalue weighted by atomic mass is 10.1. The highest BCUT2D eigenvalue weighted by atomic mass is 35.5. The van der Waals surface area contributed by atoms with Crippen molar-refractivity contribution in [2.24, 2.45) is 0 Å². The van der Waals surface area contributed by atoms with Gasteiger partial charge in [0.1, 0.15) is 0 Å². The summed E-state index contributed by atoms with van der Waals surface area (Å²) in [7, 11) is 0. The molecule has 1 amide bonds. The first kappa shape index (κ1) is 18.3. The van der Waals surface area contributed by atoms with Crippen LogP contribution in [0.25, 0.3) is 6.08 Å². The molecule has 0 unspecified atom stereocenters. The van der Waals surface area contributed by atoms with E-state index in [0.29, 0.717) is 26.2 Å². The summed E-state index contributed by atoms with van der Waals surface area (Å²) in [6.07, 6.45) is 1.58. The van der Waals surface area contributed by atoms with Crippen LogP contribution in [0.15, 0.2) is 42.0 Å². The standard InChI is InChI=1S/C17H12Cl3NO3/c1-9(6-10-2-3-11(18)7-14(10)20)16(22)21-15-8-12(19)4-5-13(15)17(23)24/h2-8H,1H3,(H,21,22)(H,23,24)/b9-6+. The van der Waals surface area contributed by atoms with Crippen molar-refractivity contribution in [1.29, 1.82) is 0 Å². The minimum atomic E-state index is -1.16. The Morgan fingerprint density at radius 2 is 1.67 bits per heavy atom. The molecule has 0 aliphatic rings. The Balaban J connectivity index is 2.28. The molecule has 0 radical (unpaired) electrons. The van der Waals surface area contributed by atoms with Crippen LogP contribution in [-0.4, -0.2) is 17.0 Å². The van der Waals surface area contributed by atoms with Crippen LogP contribution >= 0.6 is 34.8 Å². The number of nitrogens with one attached hydrogen (secondary N) is 1. The first-order valence-electron chi connectivity index (χ1n) is 6.75. The molecule has 0 saturated carbocycles. The number of amides is 1. The number of carboxylic acids is 1. The minimum absolute atomic E-state index is 0.0509. The van der Waals surface area contributed by atoms with Crippen molar-refractivity contribution in [3.05, 3.63) is 68.2 Å². The summed E-state index contributed by atoms with van der Waals surface area (Å²) < 4.78 is 0. The number of hydrogen-bond donors (Lipinski definition) is 2. The summed E-state index contributed by atoms with van der Waals surface area (Å²) >= 11 is 17.8. The zero-order valence-electron chi connectivity index (χ0n) is 12.4. The molecule has 2 rings (SSSR count). The van der Waals surface area contributed by atoms with Gasteiger partial charge in [-0.15, -0.1) is 0 Å². The molecule has 0 bridgehead atoms. The van der Waals surface area contributed by atoms with Crippen molar-refractivity contribution in [2.45, 2.75) is 6.92 Å². The Morgan fingerprint density at radius 3 is 2.29 bits per heavy atom. The predicted molar refractivity (Wildman–Crippen MR) is 97.2 cm³/mol. The lowest BCUT2D eigenvalue weighted by molar-refractivity contribution is -0.112. The zero-order valence-corrected chi connectivity index (χ0v) is 14.7. The van der Waals surface area contributed by atoms with Gasteiger partial charge in [0.2, 0.25) is 0 Å². The number of aromatic carboxylic acids is 1. The van der Waals surface area contributed by atoms with Crippen LogP contribution in [0.1, 0.15) is 22.8 Å². The molecule has 7 heteroatoms. The molecule has 2 aromatic rings. The van der Waals surface area contributed by atoms with Gasteiger partial charge in [-0.3, -0.25) is 4.79 Å². The zero-order chi connectivity index (χ0) is 17.9. The molecule has 24 heavy (non-hydrogen) atoms. The number of benzene rings is 2. The maximum absolute atomic E-state index is 12.3. The highest BCUT2D eigenvalue weighted by Gasteiger charge is 2.14. The molecule has 0 aliphatic carbocycles. The van der Waals surface area contributed by atoms with E-state index >= 15 is 0 Å². The van der Waals surface area contributed by atoms with Gasteiger partial charge in [0.15, 0.2) is 0 Å². The third-order valence-electron chi connectivity index (χ3n) is 3.15. The van der Waals surface area contributed by atoms with Crippen LogP contribution in [0.3, 0.4) is 0 Å². The third-order valence-corrected chi connectivity index (χ3v) is 3.95. The second-order valence-electron chi connectivity index (χ2n) is 4.94. The average molecular weight is 385 g/mol. The van der Waals surface area contributed by atoms with Gasteiger partial charge in [0, 0.05) is 20.6 Å². The van der Waals surface area contributed by atoms with Gasteiger partial charge in [0.05, 0.1) is 11.3 Å². The quantitative estimate of drug-likeness (QED) is 0.695. The Morgan fingerprint density at radius 1 is 1.04 bits per heavy atom. The van der Waals surface area contributed by atoms with Gasteiger partial charge < -0.3 is 10.4 Å². The van der Waals surface area contributed by atoms with E-state index in [0.717, 1.165) is 0 Å².